The van der Waals surface area contributed by atoms with Crippen molar-refractivity contribution < 1.29 is 4.92 Å². The van der Waals surface area contributed by atoms with Gasteiger partial charge in [0.2, 0.25) is 0 Å². The number of hydrogen-bond acceptors (Lipinski definition) is 4. The molecule has 1 aromatic rings. The summed E-state index contributed by atoms with van der Waals surface area (Å²) in [5, 5.41) is 14.2. The standard InChI is InChI=1S/C12H16BrN3O2/c13-8-5-6-11(12(7-8)16(17)18)15-10-4-2-1-3-9(10)14/h5-7,9-10,15H,1-4,14H2. The number of nitro benzene ring substituents is 1. The molecule has 0 heterocycles. The molecule has 1 aliphatic rings. The van der Waals surface area contributed by atoms with Gasteiger partial charge in [-0.3, -0.25) is 10.1 Å². The molecule has 0 bridgehead atoms. The molecule has 2 rings (SSSR count). The van der Waals surface area contributed by atoms with E-state index < -0.39 is 0 Å². The third-order valence-corrected chi connectivity index (χ3v) is 3.81. The molecule has 2 unspecified atom stereocenters. The Morgan fingerprint density at radius 2 is 2.11 bits per heavy atom. The van der Waals surface area contributed by atoms with E-state index in [0.717, 1.165) is 25.7 Å². The Morgan fingerprint density at radius 3 is 2.78 bits per heavy atom. The minimum Gasteiger partial charge on any atom is -0.375 e. The molecule has 0 saturated heterocycles. The molecule has 1 aliphatic carbocycles. The van der Waals surface area contributed by atoms with Crippen molar-refractivity contribution in [3.63, 3.8) is 0 Å². The van der Waals surface area contributed by atoms with Crippen LogP contribution >= 0.6 is 15.9 Å². The van der Waals surface area contributed by atoms with Crippen LogP contribution in [0.25, 0.3) is 0 Å². The van der Waals surface area contributed by atoms with E-state index in [4.69, 9.17) is 5.73 Å². The smallest absolute Gasteiger partial charge is 0.293 e. The topological polar surface area (TPSA) is 81.2 Å². The van der Waals surface area contributed by atoms with Gasteiger partial charge in [-0.1, -0.05) is 28.8 Å². The Balaban J connectivity index is 2.20. The third-order valence-electron chi connectivity index (χ3n) is 3.32. The normalized spacial score (nSPS) is 23.7. The van der Waals surface area contributed by atoms with Crippen LogP contribution in [-0.2, 0) is 0 Å². The highest BCUT2D eigenvalue weighted by Crippen LogP contribution is 2.30. The van der Waals surface area contributed by atoms with Gasteiger partial charge in [0.15, 0.2) is 0 Å². The van der Waals surface area contributed by atoms with Gasteiger partial charge in [-0.15, -0.1) is 0 Å². The lowest BCUT2D eigenvalue weighted by Gasteiger charge is -2.30. The van der Waals surface area contributed by atoms with Crippen LogP contribution in [0.3, 0.4) is 0 Å². The summed E-state index contributed by atoms with van der Waals surface area (Å²) < 4.78 is 0.702. The zero-order chi connectivity index (χ0) is 13.1. The molecule has 1 saturated carbocycles. The molecule has 0 radical (unpaired) electrons. The Kier molecular flexibility index (Phi) is 4.19. The third kappa shape index (κ3) is 3.00. The number of nitrogens with zero attached hydrogens (tertiary/aromatic N) is 1. The van der Waals surface area contributed by atoms with Crippen molar-refractivity contribution in [2.75, 3.05) is 5.32 Å². The lowest BCUT2D eigenvalue weighted by Crippen LogP contribution is -2.42. The van der Waals surface area contributed by atoms with E-state index in [2.05, 4.69) is 21.2 Å². The zero-order valence-corrected chi connectivity index (χ0v) is 11.5. The van der Waals surface area contributed by atoms with Crippen molar-refractivity contribution in [1.82, 2.24) is 0 Å². The molecule has 6 heteroatoms. The van der Waals surface area contributed by atoms with Crippen LogP contribution in [0.2, 0.25) is 0 Å². The lowest BCUT2D eigenvalue weighted by atomic mass is 9.91. The van der Waals surface area contributed by atoms with Crippen molar-refractivity contribution in [2.24, 2.45) is 5.73 Å². The molecule has 5 nitrogen and oxygen atoms in total. The van der Waals surface area contributed by atoms with Crippen molar-refractivity contribution in [3.8, 4) is 0 Å². The molecule has 0 amide bonds. The summed E-state index contributed by atoms with van der Waals surface area (Å²) in [5.41, 5.74) is 6.67. The fourth-order valence-corrected chi connectivity index (χ4v) is 2.67. The van der Waals surface area contributed by atoms with Gasteiger partial charge in [-0.2, -0.15) is 0 Å². The van der Waals surface area contributed by atoms with Gasteiger partial charge in [-0.25, -0.2) is 0 Å². The van der Waals surface area contributed by atoms with Crippen molar-refractivity contribution in [2.45, 2.75) is 37.8 Å². The summed E-state index contributed by atoms with van der Waals surface area (Å²) in [6.45, 7) is 0. The lowest BCUT2D eigenvalue weighted by molar-refractivity contribution is -0.384. The van der Waals surface area contributed by atoms with Crippen LogP contribution < -0.4 is 11.1 Å². The Labute approximate surface area is 114 Å². The quantitative estimate of drug-likeness (QED) is 0.664. The molecular formula is C12H16BrN3O2. The SMILES string of the molecule is NC1CCCCC1Nc1ccc(Br)cc1[N+](=O)[O-]. The first-order chi connectivity index (χ1) is 8.58. The van der Waals surface area contributed by atoms with Crippen LogP contribution in [0.15, 0.2) is 22.7 Å². The molecule has 18 heavy (non-hydrogen) atoms. The van der Waals surface area contributed by atoms with E-state index in [1.54, 1.807) is 12.1 Å². The van der Waals surface area contributed by atoms with Gasteiger partial charge in [0, 0.05) is 22.6 Å². The van der Waals surface area contributed by atoms with Crippen LogP contribution in [0.4, 0.5) is 11.4 Å². The maximum absolute atomic E-state index is 11.0. The molecular weight excluding hydrogens is 298 g/mol. The average molecular weight is 314 g/mol. The molecule has 1 aromatic carbocycles. The van der Waals surface area contributed by atoms with E-state index in [1.165, 1.54) is 6.07 Å². The highest BCUT2D eigenvalue weighted by atomic mass is 79.9. The molecule has 1 fully saturated rings. The Morgan fingerprint density at radius 1 is 1.39 bits per heavy atom. The molecule has 0 aromatic heterocycles. The predicted molar refractivity (Wildman–Crippen MR) is 74.7 cm³/mol. The van der Waals surface area contributed by atoms with Gasteiger partial charge in [0.05, 0.1) is 4.92 Å². The maximum Gasteiger partial charge on any atom is 0.293 e. The Bertz CT molecular complexity index is 453. The number of hydrogen-bond donors (Lipinski definition) is 2. The minimum atomic E-state index is -0.374. The van der Waals surface area contributed by atoms with Crippen molar-refractivity contribution >= 4 is 27.3 Å². The van der Waals surface area contributed by atoms with Crippen LogP contribution in [-0.4, -0.2) is 17.0 Å². The van der Waals surface area contributed by atoms with E-state index in [1.807, 2.05) is 0 Å². The highest BCUT2D eigenvalue weighted by molar-refractivity contribution is 9.10. The number of halogens is 1. The summed E-state index contributed by atoms with van der Waals surface area (Å²) in [6.07, 6.45) is 4.20. The number of benzene rings is 1. The van der Waals surface area contributed by atoms with Gasteiger partial charge >= 0.3 is 0 Å². The molecule has 0 spiro atoms. The number of nitro groups is 1. The predicted octanol–water partition coefficient (Wildman–Crippen LogP) is 3.04. The van der Waals surface area contributed by atoms with Crippen LogP contribution in [0.5, 0.6) is 0 Å². The van der Waals surface area contributed by atoms with Gasteiger partial charge in [0.25, 0.3) is 5.69 Å². The number of nitrogens with two attached hydrogens (primary N) is 1. The first-order valence-electron chi connectivity index (χ1n) is 6.04. The van der Waals surface area contributed by atoms with E-state index in [-0.39, 0.29) is 22.7 Å². The second kappa shape index (κ2) is 5.67. The molecule has 3 N–H and O–H groups in total. The number of rotatable bonds is 3. The zero-order valence-electron chi connectivity index (χ0n) is 9.93. The highest BCUT2D eigenvalue weighted by Gasteiger charge is 2.24. The van der Waals surface area contributed by atoms with Crippen LogP contribution in [0, 0.1) is 10.1 Å². The van der Waals surface area contributed by atoms with E-state index in [0.29, 0.717) is 10.2 Å². The second-order valence-corrected chi connectivity index (χ2v) is 5.53. The van der Waals surface area contributed by atoms with Gasteiger partial charge < -0.3 is 11.1 Å². The minimum absolute atomic E-state index is 0.0713. The largest absolute Gasteiger partial charge is 0.375 e. The summed E-state index contributed by atoms with van der Waals surface area (Å²) in [5.74, 6) is 0. The van der Waals surface area contributed by atoms with Gasteiger partial charge in [0.1, 0.15) is 5.69 Å². The fraction of sp³-hybridized carbons (Fsp3) is 0.500. The van der Waals surface area contributed by atoms with E-state index >= 15 is 0 Å². The molecule has 98 valence electrons. The number of nitrogens with one attached hydrogen (secondary N) is 1. The van der Waals surface area contributed by atoms with Gasteiger partial charge in [-0.05, 0) is 25.0 Å². The second-order valence-electron chi connectivity index (χ2n) is 4.62. The monoisotopic (exact) mass is 313 g/mol. The van der Waals surface area contributed by atoms with E-state index in [9.17, 15) is 10.1 Å². The Hall–Kier alpha value is -1.14. The summed E-state index contributed by atoms with van der Waals surface area (Å²) >= 11 is 3.24. The summed E-state index contributed by atoms with van der Waals surface area (Å²) in [6, 6.07) is 5.23. The number of anilines is 1. The summed E-state index contributed by atoms with van der Waals surface area (Å²) in [4.78, 5) is 10.6. The average Bonchev–Trinajstić information content (AvgIpc) is 2.34. The van der Waals surface area contributed by atoms with Crippen molar-refractivity contribution in [1.29, 1.82) is 0 Å². The first-order valence-corrected chi connectivity index (χ1v) is 6.83. The maximum atomic E-state index is 11.0. The van der Waals surface area contributed by atoms with Crippen molar-refractivity contribution in [3.05, 3.63) is 32.8 Å². The summed E-state index contributed by atoms with van der Waals surface area (Å²) in [7, 11) is 0. The van der Waals surface area contributed by atoms with Crippen LogP contribution in [0.1, 0.15) is 25.7 Å². The first kappa shape index (κ1) is 13.3. The molecule has 0 aliphatic heterocycles. The fourth-order valence-electron chi connectivity index (χ4n) is 2.32. The molecule has 2 atom stereocenters.